The molecule has 16 aliphatic rings. The number of fused-ring (bicyclic) bond motifs is 5. The van der Waals surface area contributed by atoms with Crippen LogP contribution < -0.4 is 24.5 Å². The second-order valence-electron chi connectivity index (χ2n) is 39.8. The summed E-state index contributed by atoms with van der Waals surface area (Å²) in [7, 11) is 0. The van der Waals surface area contributed by atoms with Gasteiger partial charge in [0, 0.05) is 146 Å². The van der Waals surface area contributed by atoms with E-state index < -0.39 is 76.9 Å². The summed E-state index contributed by atoms with van der Waals surface area (Å²) in [5, 5.41) is 0. The molecule has 7 aromatic carbocycles. The largest absolute Gasteiger partial charge is 0.329 e. The van der Waals surface area contributed by atoms with E-state index in [2.05, 4.69) is 199 Å². The molecule has 6 fully saturated rings. The van der Waals surface area contributed by atoms with Crippen LogP contribution in [-0.2, 0) is 10.8 Å². The number of rotatable bonds is 13. The molecule has 9 atom stereocenters. The van der Waals surface area contributed by atoms with Gasteiger partial charge in [0.05, 0.1) is 22.2 Å². The SMILES string of the molecule is C.C.C.C.C.C.C.C.C.C.[2H]C([2H])([2H])C1N2C=CC(C3CCCC3)(C3CCCC3)C2=C(C)N1c1ccccc1C.[2H]C([2H])([2H])C1N2C=CC([2H])(C3CCCC3)C2=C(C)N1c1ccccc1C.[2H]C([2H])([2H])C1N2C=CC([2H])(C3CCCCC3)C2=C(C)N1c1ccccc1C.[2H]C([2H])([2H])C1N2C=CC(c3ccccc3)(C3CCCC3)C2=C(C)N1c1ccccc1C.[2H]C([2H])([2H])C1N2C=CC(c3ccccc3)(C3CCCCC3)C2=C(C)N1c1ccccc1C. The third-order valence-electron chi connectivity index (χ3n) is 33.0. The molecule has 0 aromatic heterocycles. The number of allylic oxidation sites excluding steroid dienone is 10. The lowest BCUT2D eigenvalue weighted by molar-refractivity contribution is 0.158. The Morgan fingerprint density at radius 1 is 0.245 bits per heavy atom. The van der Waals surface area contributed by atoms with Crippen LogP contribution in [0.3, 0.4) is 0 Å². The molecule has 7 aromatic rings. The summed E-state index contributed by atoms with van der Waals surface area (Å²) in [5.74, 6) is 1.11. The van der Waals surface area contributed by atoms with Gasteiger partial charge in [0.1, 0.15) is 30.8 Å². The van der Waals surface area contributed by atoms with E-state index >= 15 is 0 Å². The van der Waals surface area contributed by atoms with Gasteiger partial charge in [-0.15, -0.1) is 0 Å². The molecule has 756 valence electrons. The smallest absolute Gasteiger partial charge is 0.107 e. The van der Waals surface area contributed by atoms with Crippen molar-refractivity contribution in [3.8, 4) is 0 Å². The maximum absolute atomic E-state index is 9.34. The fourth-order valence-corrected chi connectivity index (χ4v) is 26.8. The minimum Gasteiger partial charge on any atom is -0.329 e. The molecule has 139 heavy (non-hydrogen) atoms. The predicted molar refractivity (Wildman–Crippen MR) is 608 cm³/mol. The van der Waals surface area contributed by atoms with Crippen molar-refractivity contribution in [3.05, 3.63) is 339 Å². The van der Waals surface area contributed by atoms with Crippen molar-refractivity contribution in [2.75, 3.05) is 24.5 Å². The number of hydrogen-bond acceptors (Lipinski definition) is 10. The van der Waals surface area contributed by atoms with Crippen LogP contribution in [0.4, 0.5) is 28.4 Å². The summed E-state index contributed by atoms with van der Waals surface area (Å²) in [6, 6.07) is 61.7. The van der Waals surface area contributed by atoms with Gasteiger partial charge in [0.2, 0.25) is 0 Å². The molecule has 0 spiro atoms. The fourth-order valence-electron chi connectivity index (χ4n) is 26.8. The molecule has 0 saturated heterocycles. The van der Waals surface area contributed by atoms with Crippen molar-refractivity contribution < 1.29 is 23.3 Å². The van der Waals surface area contributed by atoms with E-state index in [1.807, 2.05) is 163 Å². The van der Waals surface area contributed by atoms with Crippen molar-refractivity contribution >= 4 is 28.4 Å². The molecule has 10 aliphatic heterocycles. The Morgan fingerprint density at radius 3 is 0.784 bits per heavy atom. The zero-order chi connectivity index (χ0) is 103. The van der Waals surface area contributed by atoms with Crippen molar-refractivity contribution in [2.45, 2.75) is 386 Å². The molecule has 10 heteroatoms. The van der Waals surface area contributed by atoms with Gasteiger partial charge in [-0.1, -0.05) is 346 Å². The van der Waals surface area contributed by atoms with Crippen LogP contribution in [0.15, 0.2) is 300 Å². The summed E-state index contributed by atoms with van der Waals surface area (Å²) < 4.78 is 144. The van der Waals surface area contributed by atoms with Crippen LogP contribution in [-0.4, -0.2) is 55.3 Å². The summed E-state index contributed by atoms with van der Waals surface area (Å²) >= 11 is 0. The molecule has 10 heterocycles. The Hall–Kier alpha value is -10.1. The monoisotopic (exact) mass is 1900 g/mol. The van der Waals surface area contributed by atoms with E-state index in [1.165, 1.54) is 132 Å². The van der Waals surface area contributed by atoms with Crippen molar-refractivity contribution in [2.24, 2.45) is 52.7 Å². The number of nitrogens with zero attached hydrogens (tertiary/aromatic N) is 10. The number of para-hydroxylation sites is 5. The molecule has 0 N–H and O–H groups in total. The van der Waals surface area contributed by atoms with Gasteiger partial charge in [-0.25, -0.2) is 0 Å². The molecule has 6 saturated carbocycles. The molecule has 23 rings (SSSR count). The maximum Gasteiger partial charge on any atom is 0.107 e. The molecular weight excluding hydrogens is 1690 g/mol. The second kappa shape index (κ2) is 47.2. The first-order valence-electron chi connectivity index (χ1n) is 57.9. The van der Waals surface area contributed by atoms with Gasteiger partial charge >= 0.3 is 0 Å². The second-order valence-corrected chi connectivity index (χ2v) is 39.8. The topological polar surface area (TPSA) is 32.4 Å². The van der Waals surface area contributed by atoms with Crippen LogP contribution >= 0.6 is 0 Å². The number of benzene rings is 7. The predicted octanol–water partition coefficient (Wildman–Crippen LogP) is 36.5. The lowest BCUT2D eigenvalue weighted by atomic mass is 9.63. The zero-order valence-corrected chi connectivity index (χ0v) is 78.3. The molecule has 10 nitrogen and oxygen atoms in total. The standard InChI is InChI=1S/C27H32N2.C26H30N2.C25H34N2.C21H28N2.C20H26N2.10CH4/c1-20-12-10-11-17-25(20)29-21(2)26-27(18-19-28(26)22(29)3,23-13-6-4-7-14-23)24-15-8-5-9-16-24;1-19-11-7-10-16-24(19)28-20(2)25-26(23-14-8-9-15-23,17-18-27(25)21(28)3)22-12-5-4-6-13-22;1-18-10-4-9-15-23(18)27-19(2)24-25(21-11-5-6-12-21,22-13-7-8-14-22)16-17-26(24)20(27)3;1-15-9-7-8-12-20(15)23-16(2)21-19(13-14-22(21)17(23)3)18-10-5-4-6-11-18;1-14-8-4-7-11-19(14)22-15(2)20-18(17-9-5-6-10-17)12-13-21(20)16(22)3;;;;;;;;;;/h4,6-7,10-14,17-19,22,24H,5,8-9,15-16H2,1-3H3;4-7,10-13,16-18,21,23H,8-9,14-15H2,1-3H3;4,9-10,15-17,20-22H,5-8,11-14H2,1-3H3;7-9,12-14,17-19H,4-6,10-11H2,1-3H3;4,7-8,11-13,16-18H,5-6,9-10H2,1-3H3;10*1H4/i3*3D3;3D3,19D;3D3,18D;;;;;;;;;;. The first kappa shape index (κ1) is 89.1. The van der Waals surface area contributed by atoms with E-state index in [9.17, 15) is 2.74 Å². The average molecular weight is 1900 g/mol. The van der Waals surface area contributed by atoms with E-state index in [4.69, 9.17) is 20.6 Å². The van der Waals surface area contributed by atoms with Crippen LogP contribution in [0, 0.1) is 87.3 Å². The molecule has 0 bridgehead atoms. The third kappa shape index (κ3) is 19.5. The Labute approximate surface area is 874 Å². The minimum absolute atomic E-state index is 0. The minimum atomic E-state index is -2.19. The average Bonchev–Trinajstić information content (AvgIpc) is 1.54. The maximum atomic E-state index is 9.34. The van der Waals surface area contributed by atoms with E-state index in [1.54, 1.807) is 0 Å². The highest BCUT2D eigenvalue weighted by Gasteiger charge is 2.59. The van der Waals surface area contributed by atoms with Crippen molar-refractivity contribution in [1.29, 1.82) is 0 Å². The van der Waals surface area contributed by atoms with E-state index in [-0.39, 0.29) is 102 Å². The Bertz CT molecular complexity index is 6250. The zero-order valence-electron chi connectivity index (χ0n) is 95.3. The summed E-state index contributed by atoms with van der Waals surface area (Å²) in [6.07, 6.45) is 48.5. The lowest BCUT2D eigenvalue weighted by Crippen LogP contribution is -2.39. The molecule has 6 aliphatic carbocycles. The Morgan fingerprint density at radius 2 is 0.482 bits per heavy atom. The molecular formula is C129H190N10. The number of aryl methyl sites for hydroxylation is 5. The first-order chi connectivity index (χ1) is 69.6. The van der Waals surface area contributed by atoms with Crippen LogP contribution in [0.1, 0.15) is 372 Å². The number of anilines is 5. The summed E-state index contributed by atoms with van der Waals surface area (Å²) in [4.78, 5) is 20.1. The third-order valence-corrected chi connectivity index (χ3v) is 33.0. The molecule has 0 radical (unpaired) electrons. The highest BCUT2D eigenvalue weighted by atomic mass is 15.5. The Balaban J connectivity index is 0.000000213. The molecule has 0 amide bonds. The lowest BCUT2D eigenvalue weighted by Gasteiger charge is -2.42. The highest BCUT2D eigenvalue weighted by molar-refractivity contribution is 5.69. The van der Waals surface area contributed by atoms with E-state index in [0.29, 0.717) is 23.7 Å². The summed E-state index contributed by atoms with van der Waals surface area (Å²) in [5.41, 5.74) is 22.6. The Kier molecular flexibility index (Phi) is 30.3. The van der Waals surface area contributed by atoms with Crippen molar-refractivity contribution in [1.82, 2.24) is 24.5 Å². The van der Waals surface area contributed by atoms with Crippen LogP contribution in [0.25, 0.3) is 0 Å². The van der Waals surface area contributed by atoms with Crippen LogP contribution in [0.2, 0.25) is 0 Å². The van der Waals surface area contributed by atoms with Gasteiger partial charge in [0.25, 0.3) is 0 Å². The molecule has 9 unspecified atom stereocenters. The first-order valence-corrected chi connectivity index (χ1v) is 49.4. The van der Waals surface area contributed by atoms with Crippen LogP contribution in [0.5, 0.6) is 0 Å². The van der Waals surface area contributed by atoms with Gasteiger partial charge in [-0.2, -0.15) is 0 Å². The van der Waals surface area contributed by atoms with E-state index in [0.717, 1.165) is 159 Å². The highest BCUT2D eigenvalue weighted by Crippen LogP contribution is 2.64. The van der Waals surface area contributed by atoms with Gasteiger partial charge in [-0.05, 0) is 285 Å². The van der Waals surface area contributed by atoms with Gasteiger partial charge in [-0.3, -0.25) is 0 Å². The quantitative estimate of drug-likeness (QED) is 0.111. The number of hydrogen-bond donors (Lipinski definition) is 0. The van der Waals surface area contributed by atoms with Crippen molar-refractivity contribution in [3.63, 3.8) is 0 Å². The van der Waals surface area contributed by atoms with Gasteiger partial charge in [0.15, 0.2) is 0 Å². The van der Waals surface area contributed by atoms with Gasteiger partial charge < -0.3 is 49.0 Å². The fraction of sp³-hybridized carbons (Fsp3) is 0.519. The summed E-state index contributed by atoms with van der Waals surface area (Å²) in [6.45, 7) is 9.82. The normalized spacial score (nSPS) is 29.0.